The van der Waals surface area contributed by atoms with E-state index in [1.807, 2.05) is 6.07 Å². The van der Waals surface area contributed by atoms with Crippen molar-refractivity contribution < 1.29 is 9.90 Å². The summed E-state index contributed by atoms with van der Waals surface area (Å²) in [5.74, 6) is -1.02. The zero-order valence-electron chi connectivity index (χ0n) is 5.79. The highest BCUT2D eigenvalue weighted by Crippen LogP contribution is 1.85. The summed E-state index contributed by atoms with van der Waals surface area (Å²) >= 11 is 0. The van der Waals surface area contributed by atoms with E-state index in [2.05, 4.69) is 5.32 Å². The maximum absolute atomic E-state index is 9.92. The van der Waals surface area contributed by atoms with Crippen LogP contribution in [-0.4, -0.2) is 24.2 Å². The smallest absolute Gasteiger partial charge is 0.317 e. The second kappa shape index (κ2) is 4.77. The van der Waals surface area contributed by atoms with Gasteiger partial charge in [-0.3, -0.25) is 4.79 Å². The lowest BCUT2D eigenvalue weighted by molar-refractivity contribution is -0.135. The maximum Gasteiger partial charge on any atom is 0.317 e. The van der Waals surface area contributed by atoms with Gasteiger partial charge in [-0.15, -0.1) is 0 Å². The Morgan fingerprint density at radius 3 is 2.90 bits per heavy atom. The molecule has 4 nitrogen and oxygen atoms in total. The van der Waals surface area contributed by atoms with Gasteiger partial charge in [0.2, 0.25) is 0 Å². The highest BCUT2D eigenvalue weighted by atomic mass is 16.4. The molecule has 0 amide bonds. The Labute approximate surface area is 59.5 Å². The Hall–Kier alpha value is -1.08. The Morgan fingerprint density at radius 2 is 2.50 bits per heavy atom. The van der Waals surface area contributed by atoms with E-state index in [0.29, 0.717) is 6.54 Å². The molecule has 56 valence electrons. The molecule has 0 bridgehead atoms. The third-order valence-electron chi connectivity index (χ3n) is 0.947. The van der Waals surface area contributed by atoms with Crippen LogP contribution >= 0.6 is 0 Å². The van der Waals surface area contributed by atoms with Gasteiger partial charge in [0.05, 0.1) is 18.5 Å². The molecule has 0 heterocycles. The first kappa shape index (κ1) is 8.92. The van der Waals surface area contributed by atoms with Gasteiger partial charge in [0.25, 0.3) is 0 Å². The molecule has 0 radical (unpaired) electrons. The van der Waals surface area contributed by atoms with Gasteiger partial charge in [0.1, 0.15) is 0 Å². The minimum Gasteiger partial charge on any atom is -0.480 e. The highest BCUT2D eigenvalue weighted by Gasteiger charge is 1.99. The monoisotopic (exact) mass is 142 g/mol. The van der Waals surface area contributed by atoms with Crippen LogP contribution in [-0.2, 0) is 4.79 Å². The van der Waals surface area contributed by atoms with E-state index < -0.39 is 5.97 Å². The first-order chi connectivity index (χ1) is 4.66. The van der Waals surface area contributed by atoms with Gasteiger partial charge in [-0.25, -0.2) is 0 Å². The summed E-state index contributed by atoms with van der Waals surface area (Å²) in [7, 11) is 0. The molecule has 1 unspecified atom stereocenters. The van der Waals surface area contributed by atoms with Crippen molar-refractivity contribution in [3.8, 4) is 6.07 Å². The third kappa shape index (κ3) is 5.06. The van der Waals surface area contributed by atoms with Crippen LogP contribution in [0.2, 0.25) is 0 Å². The fourth-order valence-electron chi connectivity index (χ4n) is 0.441. The van der Waals surface area contributed by atoms with Crippen molar-refractivity contribution in [2.45, 2.75) is 6.92 Å². The summed E-state index contributed by atoms with van der Waals surface area (Å²) in [5, 5.41) is 19.0. The number of hydrogen-bond acceptors (Lipinski definition) is 3. The molecule has 2 N–H and O–H groups in total. The molecule has 0 aliphatic rings. The number of carbonyl (C=O) groups is 1. The van der Waals surface area contributed by atoms with Gasteiger partial charge in [0, 0.05) is 6.54 Å². The van der Waals surface area contributed by atoms with Crippen LogP contribution in [0.1, 0.15) is 6.92 Å². The topological polar surface area (TPSA) is 73.1 Å². The van der Waals surface area contributed by atoms with Crippen LogP contribution in [0.15, 0.2) is 0 Å². The zero-order chi connectivity index (χ0) is 7.98. The molecule has 0 aliphatic carbocycles. The van der Waals surface area contributed by atoms with Crippen LogP contribution < -0.4 is 5.32 Å². The summed E-state index contributed by atoms with van der Waals surface area (Å²) in [6.07, 6.45) is 0. The van der Waals surface area contributed by atoms with Crippen LogP contribution in [0.3, 0.4) is 0 Å². The Kier molecular flexibility index (Phi) is 4.25. The molecule has 0 aliphatic heterocycles. The molecule has 0 fully saturated rings. The molecular weight excluding hydrogens is 132 g/mol. The lowest BCUT2D eigenvalue weighted by atomic mass is 10.2. The molecule has 10 heavy (non-hydrogen) atoms. The number of carboxylic acid groups (broad SMARTS) is 1. The quantitative estimate of drug-likeness (QED) is 0.571. The highest BCUT2D eigenvalue weighted by molar-refractivity contribution is 5.68. The van der Waals surface area contributed by atoms with Crippen molar-refractivity contribution in [3.63, 3.8) is 0 Å². The van der Waals surface area contributed by atoms with Crippen molar-refractivity contribution in [2.75, 3.05) is 13.1 Å². The Morgan fingerprint density at radius 1 is 1.90 bits per heavy atom. The summed E-state index contributed by atoms with van der Waals surface area (Å²) in [5.41, 5.74) is 0. The molecule has 0 aromatic carbocycles. The molecule has 1 atom stereocenters. The number of hydrogen-bond donors (Lipinski definition) is 2. The molecule has 0 saturated carbocycles. The van der Waals surface area contributed by atoms with Crippen molar-refractivity contribution in [2.24, 2.45) is 5.92 Å². The van der Waals surface area contributed by atoms with Crippen LogP contribution in [0.5, 0.6) is 0 Å². The minimum atomic E-state index is -0.898. The molecule has 0 spiro atoms. The van der Waals surface area contributed by atoms with E-state index in [-0.39, 0.29) is 12.5 Å². The van der Waals surface area contributed by atoms with Gasteiger partial charge < -0.3 is 10.4 Å². The number of aliphatic carboxylic acids is 1. The summed E-state index contributed by atoms with van der Waals surface area (Å²) < 4.78 is 0. The average molecular weight is 142 g/mol. The van der Waals surface area contributed by atoms with E-state index in [9.17, 15) is 4.79 Å². The van der Waals surface area contributed by atoms with Crippen LogP contribution in [0, 0.1) is 17.2 Å². The van der Waals surface area contributed by atoms with E-state index in [4.69, 9.17) is 10.4 Å². The number of rotatable bonds is 4. The molecule has 4 heteroatoms. The van der Waals surface area contributed by atoms with Gasteiger partial charge in [-0.1, -0.05) is 0 Å². The SMILES string of the molecule is CC(C#N)CNCC(=O)O. The van der Waals surface area contributed by atoms with Gasteiger partial charge in [-0.2, -0.15) is 5.26 Å². The van der Waals surface area contributed by atoms with Crippen LogP contribution in [0.4, 0.5) is 0 Å². The lowest BCUT2D eigenvalue weighted by Crippen LogP contribution is -2.26. The van der Waals surface area contributed by atoms with Crippen molar-refractivity contribution in [1.29, 1.82) is 5.26 Å². The first-order valence-electron chi connectivity index (χ1n) is 2.99. The molecule has 0 rings (SSSR count). The minimum absolute atomic E-state index is 0.0774. The van der Waals surface area contributed by atoms with Crippen molar-refractivity contribution >= 4 is 5.97 Å². The van der Waals surface area contributed by atoms with E-state index in [1.54, 1.807) is 6.92 Å². The lowest BCUT2D eigenvalue weighted by Gasteiger charge is -2.00. The Bertz CT molecular complexity index is 150. The number of nitrogens with zero attached hydrogens (tertiary/aromatic N) is 1. The zero-order valence-corrected chi connectivity index (χ0v) is 5.79. The number of carboxylic acids is 1. The second-order valence-electron chi connectivity index (χ2n) is 2.05. The fraction of sp³-hybridized carbons (Fsp3) is 0.667. The third-order valence-corrected chi connectivity index (χ3v) is 0.947. The summed E-state index contributed by atoms with van der Waals surface area (Å²) in [4.78, 5) is 9.92. The van der Waals surface area contributed by atoms with Gasteiger partial charge >= 0.3 is 5.97 Å². The van der Waals surface area contributed by atoms with Gasteiger partial charge in [-0.05, 0) is 6.92 Å². The van der Waals surface area contributed by atoms with Gasteiger partial charge in [0.15, 0.2) is 0 Å². The number of nitriles is 1. The second-order valence-corrected chi connectivity index (χ2v) is 2.05. The van der Waals surface area contributed by atoms with Crippen LogP contribution in [0.25, 0.3) is 0 Å². The average Bonchev–Trinajstić information content (AvgIpc) is 1.87. The van der Waals surface area contributed by atoms with E-state index >= 15 is 0 Å². The predicted octanol–water partition coefficient (Wildman–Crippen LogP) is -0.180. The standard InChI is InChI=1S/C6H10N2O2/c1-5(2-7)3-8-4-6(9)10/h5,8H,3-4H2,1H3,(H,9,10). The maximum atomic E-state index is 9.92. The van der Waals surface area contributed by atoms with E-state index in [1.165, 1.54) is 0 Å². The van der Waals surface area contributed by atoms with Crippen molar-refractivity contribution in [1.82, 2.24) is 5.32 Å². The predicted molar refractivity (Wildman–Crippen MR) is 35.3 cm³/mol. The fourth-order valence-corrected chi connectivity index (χ4v) is 0.441. The largest absolute Gasteiger partial charge is 0.480 e. The van der Waals surface area contributed by atoms with E-state index in [0.717, 1.165) is 0 Å². The molecule has 0 aromatic rings. The Balaban J connectivity index is 3.22. The molecule has 0 saturated heterocycles. The summed E-state index contributed by atoms with van der Waals surface area (Å²) in [6, 6.07) is 1.98. The normalized spacial score (nSPS) is 12.0. The number of nitrogens with one attached hydrogen (secondary N) is 1. The first-order valence-corrected chi connectivity index (χ1v) is 2.99. The van der Waals surface area contributed by atoms with Crippen molar-refractivity contribution in [3.05, 3.63) is 0 Å². The summed E-state index contributed by atoms with van der Waals surface area (Å²) in [6.45, 7) is 2.09. The molecule has 0 aromatic heterocycles. The molecular formula is C6H10N2O2.